The third-order valence-corrected chi connectivity index (χ3v) is 5.99. The van der Waals surface area contributed by atoms with E-state index in [-0.39, 0.29) is 0 Å². The molecule has 0 atom stereocenters. The van der Waals surface area contributed by atoms with Gasteiger partial charge in [0.25, 0.3) is 0 Å². The number of imidazole rings is 1. The van der Waals surface area contributed by atoms with Crippen LogP contribution in [-0.4, -0.2) is 9.55 Å². The summed E-state index contributed by atoms with van der Waals surface area (Å²) < 4.78 is 1.93. The average molecular weight is 403 g/mol. The summed E-state index contributed by atoms with van der Waals surface area (Å²) in [7, 11) is 0. The highest BCUT2D eigenvalue weighted by Crippen LogP contribution is 2.33. The lowest BCUT2D eigenvalue weighted by atomic mass is 9.94. The third kappa shape index (κ3) is 4.67. The van der Waals surface area contributed by atoms with Gasteiger partial charge in [0.15, 0.2) is 10.3 Å². The molecule has 3 aromatic rings. The van der Waals surface area contributed by atoms with E-state index in [9.17, 15) is 0 Å². The first-order valence-electron chi connectivity index (χ1n) is 10.0. The molecule has 1 aromatic heterocycles. The van der Waals surface area contributed by atoms with E-state index in [4.69, 9.17) is 23.2 Å². The van der Waals surface area contributed by atoms with Gasteiger partial charge in [-0.3, -0.25) is 4.57 Å². The van der Waals surface area contributed by atoms with Crippen LogP contribution in [0.25, 0.3) is 16.5 Å². The SMILES string of the molecule is CCCCCCCCCc1c(-n2cnc(Cl)c2Cl)c(C)cc2ccccc12. The van der Waals surface area contributed by atoms with Gasteiger partial charge in [-0.2, -0.15) is 0 Å². The number of aromatic nitrogens is 2. The summed E-state index contributed by atoms with van der Waals surface area (Å²) in [5.74, 6) is 0. The number of fused-ring (bicyclic) bond motifs is 1. The number of benzene rings is 2. The molecule has 0 fully saturated rings. The molecule has 2 nitrogen and oxygen atoms in total. The highest BCUT2D eigenvalue weighted by Gasteiger charge is 2.16. The summed E-state index contributed by atoms with van der Waals surface area (Å²) >= 11 is 12.6. The van der Waals surface area contributed by atoms with Crippen molar-refractivity contribution in [3.8, 4) is 5.69 Å². The Labute approximate surface area is 172 Å². The lowest BCUT2D eigenvalue weighted by Gasteiger charge is -2.18. The third-order valence-electron chi connectivity index (χ3n) is 5.26. The molecular weight excluding hydrogens is 375 g/mol. The maximum absolute atomic E-state index is 6.44. The fraction of sp³-hybridized carbons (Fsp3) is 0.435. The van der Waals surface area contributed by atoms with Gasteiger partial charge in [-0.1, -0.05) is 92.9 Å². The smallest absolute Gasteiger partial charge is 0.166 e. The summed E-state index contributed by atoms with van der Waals surface area (Å²) in [6, 6.07) is 10.8. The lowest BCUT2D eigenvalue weighted by Crippen LogP contribution is -2.03. The van der Waals surface area contributed by atoms with E-state index in [0.29, 0.717) is 10.3 Å². The average Bonchev–Trinajstić information content (AvgIpc) is 2.99. The lowest BCUT2D eigenvalue weighted by molar-refractivity contribution is 0.589. The highest BCUT2D eigenvalue weighted by atomic mass is 35.5. The zero-order valence-electron chi connectivity index (χ0n) is 16.3. The topological polar surface area (TPSA) is 17.8 Å². The van der Waals surface area contributed by atoms with Crippen LogP contribution in [0.15, 0.2) is 36.7 Å². The molecule has 1 heterocycles. The molecule has 0 unspecified atom stereocenters. The standard InChI is InChI=1S/C23H28Cl2N2/c1-3-4-5-6-7-8-9-14-20-19-13-11-10-12-18(19)15-17(2)21(20)27-16-26-22(24)23(27)25/h10-13,15-16H,3-9,14H2,1-2H3. The van der Waals surface area contributed by atoms with E-state index < -0.39 is 0 Å². The number of rotatable bonds is 9. The molecular formula is C23H28Cl2N2. The summed E-state index contributed by atoms with van der Waals surface area (Å²) in [6.07, 6.45) is 11.9. The number of aryl methyl sites for hydroxylation is 2. The first-order valence-corrected chi connectivity index (χ1v) is 10.8. The Morgan fingerprint density at radius 2 is 1.67 bits per heavy atom. The van der Waals surface area contributed by atoms with Gasteiger partial charge in [0.1, 0.15) is 6.33 Å². The summed E-state index contributed by atoms with van der Waals surface area (Å²) in [6.45, 7) is 4.40. The second-order valence-corrected chi connectivity index (χ2v) is 8.03. The molecule has 4 heteroatoms. The largest absolute Gasteiger partial charge is 0.288 e. The number of hydrogen-bond acceptors (Lipinski definition) is 1. The Bertz CT molecular complexity index is 899. The summed E-state index contributed by atoms with van der Waals surface area (Å²) in [4.78, 5) is 4.19. The summed E-state index contributed by atoms with van der Waals surface area (Å²) in [5, 5.41) is 3.41. The molecule has 0 saturated heterocycles. The summed E-state index contributed by atoms with van der Waals surface area (Å²) in [5.41, 5.74) is 3.67. The van der Waals surface area contributed by atoms with E-state index in [2.05, 4.69) is 49.2 Å². The number of unbranched alkanes of at least 4 members (excludes halogenated alkanes) is 6. The van der Waals surface area contributed by atoms with Crippen LogP contribution in [0.3, 0.4) is 0 Å². The van der Waals surface area contributed by atoms with Crippen molar-refractivity contribution in [1.29, 1.82) is 0 Å². The fourth-order valence-corrected chi connectivity index (χ4v) is 4.19. The van der Waals surface area contributed by atoms with E-state index in [1.54, 1.807) is 6.33 Å². The van der Waals surface area contributed by atoms with E-state index in [1.807, 2.05) is 4.57 Å². The Morgan fingerprint density at radius 3 is 2.37 bits per heavy atom. The second-order valence-electron chi connectivity index (χ2n) is 7.31. The molecule has 0 bridgehead atoms. The Balaban J connectivity index is 1.89. The number of halogens is 2. The minimum absolute atomic E-state index is 0.353. The zero-order chi connectivity index (χ0) is 19.2. The van der Waals surface area contributed by atoms with Crippen molar-refractivity contribution < 1.29 is 0 Å². The minimum atomic E-state index is 0.353. The normalized spacial score (nSPS) is 11.4. The maximum Gasteiger partial charge on any atom is 0.166 e. The van der Waals surface area contributed by atoms with Gasteiger partial charge in [0.05, 0.1) is 5.69 Å². The van der Waals surface area contributed by atoms with Gasteiger partial charge in [0, 0.05) is 0 Å². The molecule has 0 saturated carbocycles. The number of nitrogens with zero attached hydrogens (tertiary/aromatic N) is 2. The zero-order valence-corrected chi connectivity index (χ0v) is 17.8. The molecule has 144 valence electrons. The Kier molecular flexibility index (Phi) is 7.20. The van der Waals surface area contributed by atoms with Gasteiger partial charge in [-0.25, -0.2) is 4.98 Å². The van der Waals surface area contributed by atoms with Gasteiger partial charge in [-0.15, -0.1) is 0 Å². The van der Waals surface area contributed by atoms with Crippen LogP contribution in [0, 0.1) is 6.92 Å². The molecule has 2 aromatic carbocycles. The van der Waals surface area contributed by atoms with Gasteiger partial charge in [0.2, 0.25) is 0 Å². The van der Waals surface area contributed by atoms with Crippen LogP contribution in [0.4, 0.5) is 0 Å². The van der Waals surface area contributed by atoms with Crippen molar-refractivity contribution in [3.05, 3.63) is 58.1 Å². The highest BCUT2D eigenvalue weighted by molar-refractivity contribution is 6.40. The van der Waals surface area contributed by atoms with Crippen LogP contribution >= 0.6 is 23.2 Å². The van der Waals surface area contributed by atoms with Crippen LogP contribution in [0.1, 0.15) is 63.0 Å². The van der Waals surface area contributed by atoms with Gasteiger partial charge in [-0.05, 0) is 47.7 Å². The van der Waals surface area contributed by atoms with Crippen LogP contribution in [0.5, 0.6) is 0 Å². The van der Waals surface area contributed by atoms with E-state index in [0.717, 1.165) is 12.1 Å². The first-order chi connectivity index (χ1) is 13.1. The molecule has 3 rings (SSSR count). The molecule has 27 heavy (non-hydrogen) atoms. The Morgan fingerprint density at radius 1 is 0.963 bits per heavy atom. The second kappa shape index (κ2) is 9.61. The first kappa shape index (κ1) is 20.2. The molecule has 0 amide bonds. The van der Waals surface area contributed by atoms with Gasteiger partial charge >= 0.3 is 0 Å². The molecule has 0 N–H and O–H groups in total. The van der Waals surface area contributed by atoms with Crippen molar-refractivity contribution in [3.63, 3.8) is 0 Å². The van der Waals surface area contributed by atoms with Crippen LogP contribution in [0.2, 0.25) is 10.3 Å². The van der Waals surface area contributed by atoms with Crippen LogP contribution in [-0.2, 0) is 6.42 Å². The predicted octanol–water partition coefficient (Wildman–Crippen LogP) is 7.93. The predicted molar refractivity (Wildman–Crippen MR) is 118 cm³/mol. The molecule has 0 radical (unpaired) electrons. The van der Waals surface area contributed by atoms with Crippen molar-refractivity contribution in [2.75, 3.05) is 0 Å². The fourth-order valence-electron chi connectivity index (χ4n) is 3.88. The quantitative estimate of drug-likeness (QED) is 0.332. The van der Waals surface area contributed by atoms with Crippen molar-refractivity contribution >= 4 is 34.0 Å². The molecule has 0 aliphatic rings. The Hall–Kier alpha value is -1.51. The van der Waals surface area contributed by atoms with E-state index in [1.165, 1.54) is 66.8 Å². The molecule has 0 aliphatic heterocycles. The van der Waals surface area contributed by atoms with Crippen molar-refractivity contribution in [1.82, 2.24) is 9.55 Å². The monoisotopic (exact) mass is 402 g/mol. The number of hydrogen-bond donors (Lipinski definition) is 0. The molecule has 0 aliphatic carbocycles. The van der Waals surface area contributed by atoms with Gasteiger partial charge < -0.3 is 0 Å². The van der Waals surface area contributed by atoms with Crippen LogP contribution < -0.4 is 0 Å². The minimum Gasteiger partial charge on any atom is -0.288 e. The van der Waals surface area contributed by atoms with E-state index >= 15 is 0 Å². The maximum atomic E-state index is 6.44. The van der Waals surface area contributed by atoms with Crippen molar-refractivity contribution in [2.45, 2.75) is 65.2 Å². The van der Waals surface area contributed by atoms with Crippen molar-refractivity contribution in [2.24, 2.45) is 0 Å². The molecule has 0 spiro atoms.